The van der Waals surface area contributed by atoms with E-state index in [-0.39, 0.29) is 36.0 Å². The molecule has 7 heteroatoms. The third-order valence-corrected chi connectivity index (χ3v) is 5.76. The zero-order chi connectivity index (χ0) is 23.4. The molecule has 33 heavy (non-hydrogen) atoms. The highest BCUT2D eigenvalue weighted by molar-refractivity contribution is 5.91. The molecule has 2 amide bonds. The van der Waals surface area contributed by atoms with Crippen LogP contribution in [0.3, 0.4) is 0 Å². The van der Waals surface area contributed by atoms with Gasteiger partial charge < -0.3 is 19.4 Å². The molecule has 1 aliphatic rings. The van der Waals surface area contributed by atoms with Crippen LogP contribution in [-0.4, -0.2) is 29.8 Å². The molecule has 1 aliphatic heterocycles. The Hall–Kier alpha value is -3.61. The van der Waals surface area contributed by atoms with Crippen molar-refractivity contribution in [3.05, 3.63) is 88.6 Å². The van der Waals surface area contributed by atoms with Gasteiger partial charge in [0.25, 0.3) is 5.91 Å². The summed E-state index contributed by atoms with van der Waals surface area (Å²) in [7, 11) is 0. The second-order valence-corrected chi connectivity index (χ2v) is 7.92. The Morgan fingerprint density at radius 3 is 2.64 bits per heavy atom. The predicted molar refractivity (Wildman–Crippen MR) is 121 cm³/mol. The third-order valence-electron chi connectivity index (χ3n) is 5.76. The first-order valence-electron chi connectivity index (χ1n) is 11.2. The van der Waals surface area contributed by atoms with Crippen LogP contribution >= 0.6 is 0 Å². The van der Waals surface area contributed by atoms with Crippen LogP contribution in [-0.2, 0) is 17.8 Å². The molecule has 0 spiro atoms. The van der Waals surface area contributed by atoms with Crippen LogP contribution in [0, 0.1) is 5.82 Å². The second kappa shape index (κ2) is 9.90. The Bertz CT molecular complexity index is 1140. The molecule has 172 valence electrons. The van der Waals surface area contributed by atoms with E-state index in [1.807, 2.05) is 36.9 Å². The Kier molecular flexibility index (Phi) is 6.77. The Labute approximate surface area is 192 Å². The lowest BCUT2D eigenvalue weighted by Gasteiger charge is -2.38. The summed E-state index contributed by atoms with van der Waals surface area (Å²) >= 11 is 0. The molecule has 1 aromatic heterocycles. The highest BCUT2D eigenvalue weighted by Gasteiger charge is 2.31. The first-order chi connectivity index (χ1) is 16.0. The van der Waals surface area contributed by atoms with E-state index in [0.29, 0.717) is 31.0 Å². The Morgan fingerprint density at radius 1 is 1.12 bits per heavy atom. The quantitative estimate of drug-likeness (QED) is 0.570. The maximum atomic E-state index is 13.6. The number of amides is 2. The van der Waals surface area contributed by atoms with Crippen molar-refractivity contribution in [1.29, 1.82) is 0 Å². The van der Waals surface area contributed by atoms with E-state index in [2.05, 4.69) is 5.32 Å². The Balaban J connectivity index is 1.59. The van der Waals surface area contributed by atoms with Crippen LogP contribution in [0.2, 0.25) is 0 Å². The maximum absolute atomic E-state index is 13.6. The molecule has 2 heterocycles. The maximum Gasteiger partial charge on any atom is 0.286 e. The fourth-order valence-electron chi connectivity index (χ4n) is 4.14. The number of rotatable bonds is 7. The standard InChI is InChI=1S/C26H27FN2O4/c1-3-24(30)29-14-13-17-7-10-20(15-22(17)25(29)18-5-8-19(27)9-6-18)32-16-21-11-12-23(33-21)26(31)28-4-2/h5-12,15,25H,3-4,13-14,16H2,1-2H3,(H,28,31). The SMILES string of the molecule is CCNC(=O)c1ccc(COc2ccc3c(c2)C(c2ccc(F)cc2)N(C(=O)CC)CC3)o1. The fourth-order valence-corrected chi connectivity index (χ4v) is 4.14. The number of ether oxygens (including phenoxy) is 1. The smallest absolute Gasteiger partial charge is 0.286 e. The Morgan fingerprint density at radius 2 is 1.91 bits per heavy atom. The van der Waals surface area contributed by atoms with Crippen molar-refractivity contribution >= 4 is 11.8 Å². The van der Waals surface area contributed by atoms with Gasteiger partial charge in [-0.25, -0.2) is 4.39 Å². The zero-order valence-electron chi connectivity index (χ0n) is 18.8. The minimum Gasteiger partial charge on any atom is -0.486 e. The average Bonchev–Trinajstić information content (AvgIpc) is 3.31. The van der Waals surface area contributed by atoms with Crippen molar-refractivity contribution in [3.8, 4) is 5.75 Å². The van der Waals surface area contributed by atoms with Gasteiger partial charge in [0.15, 0.2) is 5.76 Å². The summed E-state index contributed by atoms with van der Waals surface area (Å²) in [5, 5.41) is 2.70. The number of nitrogens with zero attached hydrogens (tertiary/aromatic N) is 1. The molecule has 1 atom stereocenters. The number of fused-ring (bicyclic) bond motifs is 1. The third kappa shape index (κ3) is 4.92. The van der Waals surface area contributed by atoms with E-state index in [4.69, 9.17) is 9.15 Å². The van der Waals surface area contributed by atoms with Crippen molar-refractivity contribution in [2.24, 2.45) is 0 Å². The summed E-state index contributed by atoms with van der Waals surface area (Å²) in [5.41, 5.74) is 2.96. The first kappa shape index (κ1) is 22.6. The lowest BCUT2D eigenvalue weighted by Crippen LogP contribution is -2.40. The van der Waals surface area contributed by atoms with Crippen molar-refractivity contribution in [3.63, 3.8) is 0 Å². The monoisotopic (exact) mass is 450 g/mol. The van der Waals surface area contributed by atoms with Crippen molar-refractivity contribution in [2.75, 3.05) is 13.1 Å². The van der Waals surface area contributed by atoms with Gasteiger partial charge in [-0.05, 0) is 66.4 Å². The number of hydrogen-bond acceptors (Lipinski definition) is 4. The molecule has 2 aromatic carbocycles. The van der Waals surface area contributed by atoms with Crippen molar-refractivity contribution < 1.29 is 23.1 Å². The van der Waals surface area contributed by atoms with Gasteiger partial charge in [-0.2, -0.15) is 0 Å². The van der Waals surface area contributed by atoms with Gasteiger partial charge in [-0.15, -0.1) is 0 Å². The minimum atomic E-state index is -0.314. The van der Waals surface area contributed by atoms with Crippen LogP contribution in [0.15, 0.2) is 59.0 Å². The number of carbonyl (C=O) groups is 2. The van der Waals surface area contributed by atoms with Gasteiger partial charge in [0, 0.05) is 19.5 Å². The molecule has 0 saturated heterocycles. The number of nitrogens with one attached hydrogen (secondary N) is 1. The number of hydrogen-bond donors (Lipinski definition) is 1. The molecular weight excluding hydrogens is 423 g/mol. The molecule has 0 bridgehead atoms. The lowest BCUT2D eigenvalue weighted by atomic mass is 9.87. The van der Waals surface area contributed by atoms with Gasteiger partial charge in [0.2, 0.25) is 5.91 Å². The second-order valence-electron chi connectivity index (χ2n) is 7.92. The summed E-state index contributed by atoms with van der Waals surface area (Å²) in [6.07, 6.45) is 1.14. The molecule has 3 aromatic rings. The summed E-state index contributed by atoms with van der Waals surface area (Å²) in [5.74, 6) is 0.876. The van der Waals surface area contributed by atoms with E-state index < -0.39 is 0 Å². The van der Waals surface area contributed by atoms with Crippen LogP contribution in [0.25, 0.3) is 0 Å². The highest BCUT2D eigenvalue weighted by atomic mass is 19.1. The van der Waals surface area contributed by atoms with Gasteiger partial charge in [0.1, 0.15) is 23.9 Å². The number of halogens is 1. The summed E-state index contributed by atoms with van der Waals surface area (Å²) in [6.45, 7) is 4.98. The largest absolute Gasteiger partial charge is 0.486 e. The molecular formula is C26H27FN2O4. The van der Waals surface area contributed by atoms with Crippen LogP contribution in [0.5, 0.6) is 5.75 Å². The zero-order valence-corrected chi connectivity index (χ0v) is 18.8. The minimum absolute atomic E-state index is 0.0507. The molecule has 0 aliphatic carbocycles. The average molecular weight is 451 g/mol. The lowest BCUT2D eigenvalue weighted by molar-refractivity contribution is -0.132. The molecule has 4 rings (SSSR count). The van der Waals surface area contributed by atoms with Gasteiger partial charge in [-0.3, -0.25) is 9.59 Å². The summed E-state index contributed by atoms with van der Waals surface area (Å²) in [6, 6.07) is 15.2. The number of furan rings is 1. The first-order valence-corrected chi connectivity index (χ1v) is 11.2. The molecule has 0 fully saturated rings. The summed E-state index contributed by atoms with van der Waals surface area (Å²) < 4.78 is 25.1. The van der Waals surface area contributed by atoms with E-state index in [0.717, 1.165) is 23.1 Å². The van der Waals surface area contributed by atoms with E-state index in [1.54, 1.807) is 24.3 Å². The molecule has 0 radical (unpaired) electrons. The van der Waals surface area contributed by atoms with E-state index in [9.17, 15) is 14.0 Å². The van der Waals surface area contributed by atoms with Gasteiger partial charge in [-0.1, -0.05) is 25.1 Å². The molecule has 1 N–H and O–H groups in total. The van der Waals surface area contributed by atoms with Crippen LogP contribution in [0.4, 0.5) is 4.39 Å². The normalized spacial score (nSPS) is 15.1. The molecule has 0 saturated carbocycles. The van der Waals surface area contributed by atoms with Gasteiger partial charge >= 0.3 is 0 Å². The van der Waals surface area contributed by atoms with Gasteiger partial charge in [0.05, 0.1) is 6.04 Å². The number of carbonyl (C=O) groups excluding carboxylic acids is 2. The number of benzene rings is 2. The van der Waals surface area contributed by atoms with E-state index in [1.165, 1.54) is 12.1 Å². The van der Waals surface area contributed by atoms with Crippen molar-refractivity contribution in [2.45, 2.75) is 39.3 Å². The topological polar surface area (TPSA) is 71.8 Å². The fraction of sp³-hybridized carbons (Fsp3) is 0.308. The molecule has 6 nitrogen and oxygen atoms in total. The molecule has 1 unspecified atom stereocenters. The van der Waals surface area contributed by atoms with E-state index >= 15 is 0 Å². The van der Waals surface area contributed by atoms with Crippen LogP contribution in [0.1, 0.15) is 59.3 Å². The summed E-state index contributed by atoms with van der Waals surface area (Å²) in [4.78, 5) is 26.4. The predicted octanol–water partition coefficient (Wildman–Crippen LogP) is 4.63. The van der Waals surface area contributed by atoms with Crippen LogP contribution < -0.4 is 10.1 Å². The van der Waals surface area contributed by atoms with Crippen molar-refractivity contribution in [1.82, 2.24) is 10.2 Å². The highest BCUT2D eigenvalue weighted by Crippen LogP contribution is 2.37.